The van der Waals surface area contributed by atoms with E-state index in [2.05, 4.69) is 19.6 Å². The third-order valence-electron chi connectivity index (χ3n) is 2.33. The minimum absolute atomic E-state index is 0.334. The maximum Gasteiger partial charge on any atom is 0.277 e. The van der Waals surface area contributed by atoms with Crippen LogP contribution >= 0.6 is 11.5 Å². The van der Waals surface area contributed by atoms with Crippen molar-refractivity contribution in [3.8, 4) is 0 Å². The third kappa shape index (κ3) is 2.00. The van der Waals surface area contributed by atoms with E-state index in [1.54, 1.807) is 6.92 Å². The van der Waals surface area contributed by atoms with Gasteiger partial charge >= 0.3 is 0 Å². The maximum atomic E-state index is 11.6. The Bertz CT molecular complexity index is 478. The minimum Gasteiger partial charge on any atom is -0.270 e. The summed E-state index contributed by atoms with van der Waals surface area (Å²) in [5.74, 6) is -0.216. The number of aromatic nitrogens is 2. The van der Waals surface area contributed by atoms with Crippen LogP contribution in [-0.4, -0.2) is 51.3 Å². The van der Waals surface area contributed by atoms with Crippen molar-refractivity contribution in [2.24, 2.45) is 10.2 Å². The van der Waals surface area contributed by atoms with E-state index in [1.165, 1.54) is 24.1 Å². The average Bonchev–Trinajstić information content (AvgIpc) is 2.78. The van der Waals surface area contributed by atoms with Crippen LogP contribution in [0, 0.1) is 6.92 Å². The Balaban J connectivity index is 2.17. The summed E-state index contributed by atoms with van der Waals surface area (Å²) in [5, 5.41) is 10.2. The van der Waals surface area contributed by atoms with E-state index in [0.29, 0.717) is 11.0 Å². The first kappa shape index (κ1) is 11.6. The molecule has 2 rings (SSSR count). The molecule has 17 heavy (non-hydrogen) atoms. The van der Waals surface area contributed by atoms with Gasteiger partial charge in [-0.3, -0.25) is 19.6 Å². The van der Waals surface area contributed by atoms with E-state index in [9.17, 15) is 9.59 Å². The van der Waals surface area contributed by atoms with Gasteiger partial charge in [-0.1, -0.05) is 0 Å². The molecule has 0 unspecified atom stereocenters. The highest BCUT2D eigenvalue weighted by Gasteiger charge is 2.42. The fraction of sp³-hybridized carbons (Fsp3) is 0.500. The van der Waals surface area contributed by atoms with E-state index in [4.69, 9.17) is 0 Å². The fourth-order valence-electron chi connectivity index (χ4n) is 1.29. The molecule has 90 valence electrons. The van der Waals surface area contributed by atoms with Gasteiger partial charge in [0.05, 0.1) is 0 Å². The van der Waals surface area contributed by atoms with Gasteiger partial charge in [-0.25, -0.2) is 4.98 Å². The average molecular weight is 254 g/mol. The van der Waals surface area contributed by atoms with Crippen LogP contribution in [-0.2, 0) is 9.59 Å². The van der Waals surface area contributed by atoms with Gasteiger partial charge in [-0.05, 0) is 6.92 Å². The molecule has 1 fully saturated rings. The van der Waals surface area contributed by atoms with Gasteiger partial charge in [-0.15, -0.1) is 5.11 Å². The van der Waals surface area contributed by atoms with Crippen molar-refractivity contribution in [1.82, 2.24) is 19.4 Å². The molecule has 0 N–H and O–H groups in total. The zero-order valence-electron chi connectivity index (χ0n) is 9.49. The largest absolute Gasteiger partial charge is 0.277 e. The Kier molecular flexibility index (Phi) is 2.84. The van der Waals surface area contributed by atoms with Gasteiger partial charge in [0, 0.05) is 25.6 Å². The Morgan fingerprint density at radius 2 is 1.82 bits per heavy atom. The van der Waals surface area contributed by atoms with E-state index < -0.39 is 17.9 Å². The molecule has 8 nitrogen and oxygen atoms in total. The van der Waals surface area contributed by atoms with Gasteiger partial charge in [0.1, 0.15) is 5.82 Å². The van der Waals surface area contributed by atoms with Crippen LogP contribution < -0.4 is 0 Å². The Labute approximate surface area is 101 Å². The third-order valence-corrected chi connectivity index (χ3v) is 3.02. The highest BCUT2D eigenvalue weighted by atomic mass is 32.1. The second kappa shape index (κ2) is 4.17. The summed E-state index contributed by atoms with van der Waals surface area (Å²) in [7, 11) is 3.01. The fourth-order valence-corrected chi connectivity index (χ4v) is 1.80. The Morgan fingerprint density at radius 1 is 1.24 bits per heavy atom. The van der Waals surface area contributed by atoms with Crippen molar-refractivity contribution in [1.29, 1.82) is 0 Å². The van der Waals surface area contributed by atoms with E-state index in [0.717, 1.165) is 11.5 Å². The molecule has 0 bridgehead atoms. The number of likely N-dealkylation sites (N-methyl/N-ethyl adjacent to an activating group) is 2. The number of carbonyl (C=O) groups is 2. The van der Waals surface area contributed by atoms with Gasteiger partial charge in [0.2, 0.25) is 11.2 Å². The summed E-state index contributed by atoms with van der Waals surface area (Å²) in [6, 6.07) is -1.10. The predicted octanol–water partition coefficient (Wildman–Crippen LogP) is 0.144. The second-order valence-electron chi connectivity index (χ2n) is 3.47. The lowest BCUT2D eigenvalue weighted by Crippen LogP contribution is -2.33. The number of hydrazine groups is 1. The number of rotatable bonds is 2. The van der Waals surface area contributed by atoms with Crippen LogP contribution in [0.15, 0.2) is 10.2 Å². The zero-order valence-corrected chi connectivity index (χ0v) is 10.3. The zero-order chi connectivity index (χ0) is 12.6. The molecule has 1 aromatic rings. The quantitative estimate of drug-likeness (QED) is 0.554. The summed E-state index contributed by atoms with van der Waals surface area (Å²) < 4.78 is 3.92. The summed E-state index contributed by atoms with van der Waals surface area (Å²) in [6.07, 6.45) is 0. The first-order valence-electron chi connectivity index (χ1n) is 4.77. The molecule has 1 saturated heterocycles. The highest BCUT2D eigenvalue weighted by molar-refractivity contribution is 7.09. The highest BCUT2D eigenvalue weighted by Crippen LogP contribution is 2.18. The molecular formula is C8H10N6O2S. The van der Waals surface area contributed by atoms with Gasteiger partial charge in [0.15, 0.2) is 0 Å². The minimum atomic E-state index is -1.10. The lowest BCUT2D eigenvalue weighted by atomic mass is 10.3. The van der Waals surface area contributed by atoms with E-state index >= 15 is 0 Å². The van der Waals surface area contributed by atoms with Crippen molar-refractivity contribution in [3.63, 3.8) is 0 Å². The molecule has 1 aliphatic heterocycles. The number of aryl methyl sites for hydroxylation is 1. The molecule has 0 aliphatic carbocycles. The topological polar surface area (TPSA) is 91.1 Å². The molecule has 0 saturated carbocycles. The first-order chi connectivity index (χ1) is 8.00. The maximum absolute atomic E-state index is 11.6. The number of amides is 2. The Morgan fingerprint density at radius 3 is 2.29 bits per heavy atom. The molecule has 2 heterocycles. The number of nitrogens with zero attached hydrogens (tertiary/aromatic N) is 6. The monoisotopic (exact) mass is 254 g/mol. The predicted molar refractivity (Wildman–Crippen MR) is 58.5 cm³/mol. The number of hydrogen-bond acceptors (Lipinski definition) is 7. The molecule has 0 radical (unpaired) electrons. The van der Waals surface area contributed by atoms with Gasteiger partial charge in [0.25, 0.3) is 11.8 Å². The second-order valence-corrected chi connectivity index (χ2v) is 4.20. The normalized spacial score (nSPS) is 17.8. The van der Waals surface area contributed by atoms with Crippen LogP contribution in [0.1, 0.15) is 5.82 Å². The smallest absolute Gasteiger partial charge is 0.270 e. The van der Waals surface area contributed by atoms with Crippen LogP contribution in [0.3, 0.4) is 0 Å². The van der Waals surface area contributed by atoms with Crippen LogP contribution in [0.2, 0.25) is 0 Å². The molecule has 1 aromatic heterocycles. The number of carbonyl (C=O) groups excluding carboxylic acids is 2. The van der Waals surface area contributed by atoms with E-state index in [-0.39, 0.29) is 0 Å². The molecule has 0 aromatic carbocycles. The number of hydrogen-bond donors (Lipinski definition) is 0. The van der Waals surface area contributed by atoms with Crippen molar-refractivity contribution >= 4 is 28.5 Å². The molecule has 0 atom stereocenters. The molecular weight excluding hydrogens is 244 g/mol. The molecule has 0 spiro atoms. The lowest BCUT2D eigenvalue weighted by Gasteiger charge is -2.17. The van der Waals surface area contributed by atoms with Crippen LogP contribution in [0.5, 0.6) is 0 Å². The first-order valence-corrected chi connectivity index (χ1v) is 5.54. The van der Waals surface area contributed by atoms with Gasteiger partial charge < -0.3 is 0 Å². The molecule has 2 amide bonds. The van der Waals surface area contributed by atoms with Crippen molar-refractivity contribution in [2.45, 2.75) is 13.0 Å². The van der Waals surface area contributed by atoms with Crippen molar-refractivity contribution in [3.05, 3.63) is 5.82 Å². The van der Waals surface area contributed by atoms with Crippen LogP contribution in [0.4, 0.5) is 5.13 Å². The van der Waals surface area contributed by atoms with E-state index in [1.807, 2.05) is 0 Å². The number of azo groups is 1. The summed E-state index contributed by atoms with van der Waals surface area (Å²) in [6.45, 7) is 1.73. The standard InChI is InChI=1S/C8H10N6O2S/c1-4-9-8(17-12-4)11-10-5-6(15)13(2)14(3)7(5)16/h5H,1-3H3. The summed E-state index contributed by atoms with van der Waals surface area (Å²) >= 11 is 1.07. The summed E-state index contributed by atoms with van der Waals surface area (Å²) in [4.78, 5) is 27.2. The van der Waals surface area contributed by atoms with Gasteiger partial charge in [-0.2, -0.15) is 9.49 Å². The Hall–Kier alpha value is -1.90. The van der Waals surface area contributed by atoms with Crippen molar-refractivity contribution in [2.75, 3.05) is 14.1 Å². The van der Waals surface area contributed by atoms with Crippen molar-refractivity contribution < 1.29 is 9.59 Å². The molecule has 1 aliphatic rings. The van der Waals surface area contributed by atoms with Crippen LogP contribution in [0.25, 0.3) is 0 Å². The summed E-state index contributed by atoms with van der Waals surface area (Å²) in [5.41, 5.74) is 0. The molecule has 9 heteroatoms. The SMILES string of the molecule is Cc1nsc(N=NC2C(=O)N(C)N(C)C2=O)n1. The lowest BCUT2D eigenvalue weighted by molar-refractivity contribution is -0.141.